The van der Waals surface area contributed by atoms with Crippen LogP contribution in [0.25, 0.3) is 10.1 Å². The topological polar surface area (TPSA) is 43.8 Å². The van der Waals surface area contributed by atoms with Gasteiger partial charge in [0.25, 0.3) is 0 Å². The highest BCUT2D eigenvalue weighted by molar-refractivity contribution is 9.10. The summed E-state index contributed by atoms with van der Waals surface area (Å²) in [5.74, 6) is 0. The molecule has 0 spiro atoms. The largest absolute Gasteiger partial charge is 0.319 e. The van der Waals surface area contributed by atoms with Gasteiger partial charge in [0.1, 0.15) is 0 Å². The molecule has 0 aliphatic heterocycles. The maximum atomic E-state index is 6.46. The van der Waals surface area contributed by atoms with Crippen molar-refractivity contribution in [2.24, 2.45) is 5.73 Å². The number of thiophene rings is 1. The van der Waals surface area contributed by atoms with Crippen molar-refractivity contribution < 1.29 is 0 Å². The number of rotatable bonds is 3. The van der Waals surface area contributed by atoms with Crippen LogP contribution in [0.2, 0.25) is 0 Å². The molecule has 19 heavy (non-hydrogen) atoms. The van der Waals surface area contributed by atoms with Gasteiger partial charge in [0.05, 0.1) is 22.4 Å². The van der Waals surface area contributed by atoms with Gasteiger partial charge in [-0.25, -0.2) is 0 Å². The number of nitrogens with two attached hydrogens (primary N) is 1. The van der Waals surface area contributed by atoms with Crippen LogP contribution < -0.4 is 5.73 Å². The van der Waals surface area contributed by atoms with Gasteiger partial charge in [-0.05, 0) is 45.2 Å². The van der Waals surface area contributed by atoms with Crippen LogP contribution in [0.4, 0.5) is 0 Å². The van der Waals surface area contributed by atoms with Crippen LogP contribution in [0.15, 0.2) is 40.3 Å². The van der Waals surface area contributed by atoms with Gasteiger partial charge in [-0.3, -0.25) is 4.68 Å². The summed E-state index contributed by atoms with van der Waals surface area (Å²) in [5.41, 5.74) is 8.66. The Morgan fingerprint density at radius 1 is 1.42 bits per heavy atom. The maximum Gasteiger partial charge on any atom is 0.0749 e. The number of nitrogens with zero attached hydrogens (tertiary/aromatic N) is 2. The predicted octanol–water partition coefficient (Wildman–Crippen LogP) is 3.93. The normalized spacial score (nSPS) is 13.0. The van der Waals surface area contributed by atoms with E-state index >= 15 is 0 Å². The molecule has 0 bridgehead atoms. The molecule has 98 valence electrons. The van der Waals surface area contributed by atoms with Gasteiger partial charge in [-0.1, -0.05) is 18.2 Å². The van der Waals surface area contributed by atoms with Crippen LogP contribution in [0.1, 0.15) is 24.2 Å². The van der Waals surface area contributed by atoms with Crippen LogP contribution in [0.5, 0.6) is 0 Å². The second-order valence-corrected chi connectivity index (χ2v) is 6.12. The molecule has 0 fully saturated rings. The predicted molar refractivity (Wildman–Crippen MR) is 83.5 cm³/mol. The molecule has 0 amide bonds. The molecule has 1 unspecified atom stereocenters. The number of hydrogen-bond donors (Lipinski definition) is 1. The van der Waals surface area contributed by atoms with Crippen molar-refractivity contribution >= 4 is 37.4 Å². The number of aromatic nitrogens is 2. The van der Waals surface area contributed by atoms with Crippen molar-refractivity contribution in [1.82, 2.24) is 9.78 Å². The first-order valence-electron chi connectivity index (χ1n) is 6.15. The lowest BCUT2D eigenvalue weighted by molar-refractivity contribution is 0.601. The first kappa shape index (κ1) is 12.8. The van der Waals surface area contributed by atoms with Gasteiger partial charge in [0.2, 0.25) is 0 Å². The zero-order chi connectivity index (χ0) is 13.4. The zero-order valence-electron chi connectivity index (χ0n) is 10.5. The monoisotopic (exact) mass is 335 g/mol. The minimum Gasteiger partial charge on any atom is -0.319 e. The molecular weight excluding hydrogens is 322 g/mol. The van der Waals surface area contributed by atoms with Crippen molar-refractivity contribution in [2.75, 3.05) is 0 Å². The molecule has 2 heterocycles. The van der Waals surface area contributed by atoms with Crippen LogP contribution in [0.3, 0.4) is 0 Å². The number of aryl methyl sites for hydroxylation is 1. The molecule has 3 nitrogen and oxygen atoms in total. The molecule has 0 saturated carbocycles. The Hall–Kier alpha value is -1.17. The average Bonchev–Trinajstić information content (AvgIpc) is 3.01. The van der Waals surface area contributed by atoms with Crippen molar-refractivity contribution in [3.8, 4) is 0 Å². The van der Waals surface area contributed by atoms with E-state index in [1.165, 1.54) is 10.1 Å². The molecule has 0 aliphatic rings. The molecule has 5 heteroatoms. The molecule has 0 saturated heterocycles. The molecule has 2 aromatic heterocycles. The highest BCUT2D eigenvalue weighted by Gasteiger charge is 2.20. The fourth-order valence-corrected chi connectivity index (χ4v) is 3.86. The number of benzene rings is 1. The minimum absolute atomic E-state index is 0.159. The molecule has 1 aromatic carbocycles. The van der Waals surface area contributed by atoms with Crippen LogP contribution >= 0.6 is 27.3 Å². The summed E-state index contributed by atoms with van der Waals surface area (Å²) < 4.78 is 4.19. The van der Waals surface area contributed by atoms with E-state index in [0.717, 1.165) is 22.3 Å². The highest BCUT2D eigenvalue weighted by Crippen LogP contribution is 2.34. The van der Waals surface area contributed by atoms with E-state index in [1.54, 1.807) is 11.3 Å². The highest BCUT2D eigenvalue weighted by atomic mass is 79.9. The van der Waals surface area contributed by atoms with Gasteiger partial charge >= 0.3 is 0 Å². The van der Waals surface area contributed by atoms with Crippen LogP contribution in [0, 0.1) is 0 Å². The summed E-state index contributed by atoms with van der Waals surface area (Å²) >= 11 is 5.28. The van der Waals surface area contributed by atoms with E-state index in [9.17, 15) is 0 Å². The maximum absolute atomic E-state index is 6.46. The second-order valence-electron chi connectivity index (χ2n) is 4.36. The third-order valence-corrected chi connectivity index (χ3v) is 4.87. The van der Waals surface area contributed by atoms with Gasteiger partial charge < -0.3 is 5.73 Å². The summed E-state index contributed by atoms with van der Waals surface area (Å²) in [4.78, 5) is 0. The summed E-state index contributed by atoms with van der Waals surface area (Å²) in [7, 11) is 0. The fourth-order valence-electron chi connectivity index (χ4n) is 2.32. The summed E-state index contributed by atoms with van der Waals surface area (Å²) in [6.45, 7) is 2.89. The van der Waals surface area contributed by atoms with Crippen molar-refractivity contribution in [2.45, 2.75) is 19.5 Å². The van der Waals surface area contributed by atoms with Crippen molar-refractivity contribution in [3.63, 3.8) is 0 Å². The Morgan fingerprint density at radius 2 is 2.21 bits per heavy atom. The molecule has 3 aromatic rings. The SMILES string of the molecule is CCn1ncc(Br)c1C(N)c1csc2ccccc12. The quantitative estimate of drug-likeness (QED) is 0.788. The number of halogens is 1. The summed E-state index contributed by atoms with van der Waals surface area (Å²) in [6.07, 6.45) is 1.81. The van der Waals surface area contributed by atoms with Gasteiger partial charge in [-0.2, -0.15) is 5.10 Å². The smallest absolute Gasteiger partial charge is 0.0749 e. The average molecular weight is 336 g/mol. The third-order valence-electron chi connectivity index (χ3n) is 3.27. The number of fused-ring (bicyclic) bond motifs is 1. The molecule has 2 N–H and O–H groups in total. The van der Waals surface area contributed by atoms with E-state index < -0.39 is 0 Å². The lowest BCUT2D eigenvalue weighted by atomic mass is 10.0. The minimum atomic E-state index is -0.159. The summed E-state index contributed by atoms with van der Waals surface area (Å²) in [5, 5.41) is 7.72. The zero-order valence-corrected chi connectivity index (χ0v) is 12.9. The Kier molecular flexibility index (Phi) is 3.43. The Balaban J connectivity index is 2.13. The van der Waals surface area contributed by atoms with Crippen LogP contribution in [-0.4, -0.2) is 9.78 Å². The fraction of sp³-hybridized carbons (Fsp3) is 0.214. The van der Waals surface area contributed by atoms with Gasteiger partial charge in [0.15, 0.2) is 0 Å². The van der Waals surface area contributed by atoms with Crippen molar-refractivity contribution in [1.29, 1.82) is 0 Å². The second kappa shape index (κ2) is 5.07. The first-order chi connectivity index (χ1) is 9.22. The molecule has 1 atom stereocenters. The van der Waals surface area contributed by atoms with E-state index in [2.05, 4.69) is 57.6 Å². The number of hydrogen-bond acceptors (Lipinski definition) is 3. The first-order valence-corrected chi connectivity index (χ1v) is 7.82. The molecule has 0 aliphatic carbocycles. The van der Waals surface area contributed by atoms with E-state index in [0.29, 0.717) is 0 Å². The Labute approximate surface area is 124 Å². The molecule has 0 radical (unpaired) electrons. The van der Waals surface area contributed by atoms with Gasteiger partial charge in [0, 0.05) is 11.2 Å². The van der Waals surface area contributed by atoms with Crippen molar-refractivity contribution in [3.05, 3.63) is 51.6 Å². The molecular formula is C14H14BrN3S. The standard InChI is InChI=1S/C14H14BrN3S/c1-2-18-14(11(15)7-17-18)13(16)10-8-19-12-6-4-3-5-9(10)12/h3-8,13H,2,16H2,1H3. The third kappa shape index (κ3) is 2.12. The van der Waals surface area contributed by atoms with Crippen LogP contribution in [-0.2, 0) is 6.54 Å². The molecule has 3 rings (SSSR count). The lowest BCUT2D eigenvalue weighted by Gasteiger charge is -2.14. The van der Waals surface area contributed by atoms with Gasteiger partial charge in [-0.15, -0.1) is 11.3 Å². The Bertz CT molecular complexity index is 716. The van der Waals surface area contributed by atoms with E-state index in [1.807, 2.05) is 10.9 Å². The van der Waals surface area contributed by atoms with E-state index in [4.69, 9.17) is 5.73 Å². The Morgan fingerprint density at radius 3 is 3.00 bits per heavy atom. The summed E-state index contributed by atoms with van der Waals surface area (Å²) in [6, 6.07) is 8.20. The van der Waals surface area contributed by atoms with E-state index in [-0.39, 0.29) is 6.04 Å². The lowest BCUT2D eigenvalue weighted by Crippen LogP contribution is -2.17.